The zero-order valence-electron chi connectivity index (χ0n) is 16.3. The highest BCUT2D eigenvalue weighted by molar-refractivity contribution is 6.07. The van der Waals surface area contributed by atoms with Gasteiger partial charge in [-0.05, 0) is 37.1 Å². The number of nitrogens with zero attached hydrogens (tertiary/aromatic N) is 3. The van der Waals surface area contributed by atoms with Crippen LogP contribution >= 0.6 is 0 Å². The SMILES string of the molecule is COc1ccccc1[C@H]1OC(c2cc(C3CC3)nc3ccccc23)=NN1C(C)=O. The zero-order valence-corrected chi connectivity index (χ0v) is 16.3. The molecule has 0 unspecified atom stereocenters. The van der Waals surface area contributed by atoms with Crippen LogP contribution in [-0.2, 0) is 9.53 Å². The first-order chi connectivity index (χ1) is 14.2. The predicted molar refractivity (Wildman–Crippen MR) is 110 cm³/mol. The lowest BCUT2D eigenvalue weighted by atomic mass is 10.1. The van der Waals surface area contributed by atoms with E-state index in [1.165, 1.54) is 11.9 Å². The molecule has 3 aromatic rings. The van der Waals surface area contributed by atoms with Crippen LogP contribution < -0.4 is 4.74 Å². The maximum Gasteiger partial charge on any atom is 0.243 e. The van der Waals surface area contributed by atoms with E-state index in [4.69, 9.17) is 14.5 Å². The molecule has 1 saturated carbocycles. The molecule has 5 rings (SSSR count). The van der Waals surface area contributed by atoms with Gasteiger partial charge >= 0.3 is 0 Å². The van der Waals surface area contributed by atoms with Crippen molar-refractivity contribution in [1.29, 1.82) is 0 Å². The second kappa shape index (κ2) is 6.88. The first kappa shape index (κ1) is 17.7. The van der Waals surface area contributed by atoms with Gasteiger partial charge in [-0.2, -0.15) is 5.01 Å². The molecule has 2 heterocycles. The second-order valence-electron chi connectivity index (χ2n) is 7.37. The Balaban J connectivity index is 1.62. The van der Waals surface area contributed by atoms with Gasteiger partial charge in [0.1, 0.15) is 5.75 Å². The van der Waals surface area contributed by atoms with Gasteiger partial charge in [0, 0.05) is 29.5 Å². The van der Waals surface area contributed by atoms with E-state index in [2.05, 4.69) is 11.2 Å². The predicted octanol–water partition coefficient (Wildman–Crippen LogP) is 4.36. The van der Waals surface area contributed by atoms with Crippen LogP contribution in [0.5, 0.6) is 5.75 Å². The molecule has 2 aromatic carbocycles. The second-order valence-corrected chi connectivity index (χ2v) is 7.37. The smallest absolute Gasteiger partial charge is 0.243 e. The standard InChI is InChI=1S/C23H21N3O3/c1-14(27)26-23(17-8-4-6-10-21(17)28-2)29-22(25-26)18-13-20(15-11-12-15)24-19-9-5-3-7-16(18)19/h3-10,13,15,23H,11-12H2,1-2H3/t23-/m1/s1. The lowest BCUT2D eigenvalue weighted by Crippen LogP contribution is -2.25. The first-order valence-electron chi connectivity index (χ1n) is 9.73. The highest BCUT2D eigenvalue weighted by Gasteiger charge is 2.36. The molecule has 0 bridgehead atoms. The van der Waals surface area contributed by atoms with Crippen molar-refractivity contribution in [2.45, 2.75) is 31.9 Å². The molecular weight excluding hydrogens is 366 g/mol. The van der Waals surface area contributed by atoms with Crippen molar-refractivity contribution in [3.05, 3.63) is 71.4 Å². The molecule has 6 nitrogen and oxygen atoms in total. The Labute approximate surface area is 168 Å². The molecule has 0 saturated heterocycles. The molecule has 1 amide bonds. The zero-order chi connectivity index (χ0) is 20.0. The van der Waals surface area contributed by atoms with Gasteiger partial charge in [0.2, 0.25) is 18.0 Å². The number of benzene rings is 2. The largest absolute Gasteiger partial charge is 0.496 e. The number of ether oxygens (including phenoxy) is 2. The number of hydrazone groups is 1. The minimum absolute atomic E-state index is 0.198. The Morgan fingerprint density at radius 1 is 1.14 bits per heavy atom. The minimum Gasteiger partial charge on any atom is -0.496 e. The number of fused-ring (bicyclic) bond motifs is 1. The molecule has 2 aliphatic rings. The molecular formula is C23H21N3O3. The summed E-state index contributed by atoms with van der Waals surface area (Å²) >= 11 is 0. The van der Waals surface area contributed by atoms with Crippen LogP contribution in [0.1, 0.15) is 48.7 Å². The van der Waals surface area contributed by atoms with E-state index in [1.807, 2.05) is 48.5 Å². The molecule has 1 atom stereocenters. The van der Waals surface area contributed by atoms with Crippen molar-refractivity contribution in [2.75, 3.05) is 7.11 Å². The lowest BCUT2D eigenvalue weighted by molar-refractivity contribution is -0.135. The first-order valence-corrected chi connectivity index (χ1v) is 9.73. The van der Waals surface area contributed by atoms with Crippen LogP contribution in [-0.4, -0.2) is 28.9 Å². The van der Waals surface area contributed by atoms with Crippen molar-refractivity contribution in [1.82, 2.24) is 9.99 Å². The van der Waals surface area contributed by atoms with Crippen LogP contribution in [0.25, 0.3) is 10.9 Å². The van der Waals surface area contributed by atoms with Crippen molar-refractivity contribution in [2.24, 2.45) is 5.10 Å². The number of methoxy groups -OCH3 is 1. The fraction of sp³-hybridized carbons (Fsp3) is 0.261. The summed E-state index contributed by atoms with van der Waals surface area (Å²) in [6, 6.07) is 17.5. The van der Waals surface area contributed by atoms with E-state index in [0.717, 1.165) is 40.6 Å². The number of aromatic nitrogens is 1. The maximum absolute atomic E-state index is 12.3. The summed E-state index contributed by atoms with van der Waals surface area (Å²) in [6.45, 7) is 1.48. The fourth-order valence-corrected chi connectivity index (χ4v) is 3.71. The number of pyridine rings is 1. The molecule has 0 N–H and O–H groups in total. The van der Waals surface area contributed by atoms with Gasteiger partial charge in [0.15, 0.2) is 0 Å². The van der Waals surface area contributed by atoms with Gasteiger partial charge in [-0.25, -0.2) is 0 Å². The van der Waals surface area contributed by atoms with Gasteiger partial charge in [-0.1, -0.05) is 30.3 Å². The van der Waals surface area contributed by atoms with Crippen LogP contribution in [0.2, 0.25) is 0 Å². The van der Waals surface area contributed by atoms with E-state index in [1.54, 1.807) is 7.11 Å². The number of carbonyl (C=O) groups is 1. The third-order valence-electron chi connectivity index (χ3n) is 5.33. The summed E-state index contributed by atoms with van der Waals surface area (Å²) in [7, 11) is 1.60. The van der Waals surface area contributed by atoms with E-state index >= 15 is 0 Å². The highest BCUT2D eigenvalue weighted by atomic mass is 16.5. The molecule has 1 fully saturated rings. The van der Waals surface area contributed by atoms with Crippen molar-refractivity contribution in [3.8, 4) is 5.75 Å². The number of hydrogen-bond acceptors (Lipinski definition) is 5. The summed E-state index contributed by atoms with van der Waals surface area (Å²) in [5.41, 5.74) is 3.58. The van der Waals surface area contributed by atoms with Crippen LogP contribution in [0.15, 0.2) is 59.7 Å². The van der Waals surface area contributed by atoms with Gasteiger partial charge < -0.3 is 9.47 Å². The van der Waals surface area contributed by atoms with Crippen molar-refractivity contribution in [3.63, 3.8) is 0 Å². The average Bonchev–Trinajstić information content (AvgIpc) is 3.51. The van der Waals surface area contributed by atoms with Crippen LogP contribution in [0.3, 0.4) is 0 Å². The molecule has 29 heavy (non-hydrogen) atoms. The normalized spacial score (nSPS) is 18.5. The van der Waals surface area contributed by atoms with E-state index in [-0.39, 0.29) is 5.91 Å². The molecule has 0 radical (unpaired) electrons. The molecule has 6 heteroatoms. The maximum atomic E-state index is 12.3. The van der Waals surface area contributed by atoms with Crippen LogP contribution in [0, 0.1) is 0 Å². The van der Waals surface area contributed by atoms with E-state index < -0.39 is 6.23 Å². The quantitative estimate of drug-likeness (QED) is 0.667. The Morgan fingerprint density at radius 3 is 2.66 bits per heavy atom. The molecule has 1 aliphatic heterocycles. The summed E-state index contributed by atoms with van der Waals surface area (Å²) in [4.78, 5) is 17.2. The number of amides is 1. The molecule has 0 spiro atoms. The van der Waals surface area contributed by atoms with Crippen molar-refractivity contribution < 1.29 is 14.3 Å². The van der Waals surface area contributed by atoms with E-state index in [9.17, 15) is 4.79 Å². The Bertz CT molecular complexity index is 1140. The Kier molecular flexibility index (Phi) is 4.19. The summed E-state index contributed by atoms with van der Waals surface area (Å²) in [6.07, 6.45) is 1.64. The van der Waals surface area contributed by atoms with Crippen molar-refractivity contribution >= 4 is 22.7 Å². The molecule has 146 valence electrons. The molecule has 1 aliphatic carbocycles. The van der Waals surface area contributed by atoms with Gasteiger partial charge in [-0.15, -0.1) is 5.10 Å². The Hall–Kier alpha value is -3.41. The summed E-state index contributed by atoms with van der Waals surface area (Å²) in [5.74, 6) is 1.38. The monoisotopic (exact) mass is 387 g/mol. The number of para-hydroxylation sites is 2. The third kappa shape index (κ3) is 3.10. The summed E-state index contributed by atoms with van der Waals surface area (Å²) in [5, 5.41) is 6.89. The molecule has 1 aromatic heterocycles. The van der Waals surface area contributed by atoms with Gasteiger partial charge in [-0.3, -0.25) is 9.78 Å². The Morgan fingerprint density at radius 2 is 1.90 bits per heavy atom. The van der Waals surface area contributed by atoms with E-state index in [0.29, 0.717) is 17.6 Å². The lowest BCUT2D eigenvalue weighted by Gasteiger charge is -2.21. The topological polar surface area (TPSA) is 64.0 Å². The average molecular weight is 387 g/mol. The fourth-order valence-electron chi connectivity index (χ4n) is 3.71. The summed E-state index contributed by atoms with van der Waals surface area (Å²) < 4.78 is 11.7. The van der Waals surface area contributed by atoms with Gasteiger partial charge in [0.05, 0.1) is 18.2 Å². The van der Waals surface area contributed by atoms with Gasteiger partial charge in [0.25, 0.3) is 0 Å². The number of carbonyl (C=O) groups excluding carboxylic acids is 1. The highest BCUT2D eigenvalue weighted by Crippen LogP contribution is 2.41. The number of rotatable bonds is 4. The van der Waals surface area contributed by atoms with Crippen LogP contribution in [0.4, 0.5) is 0 Å². The third-order valence-corrected chi connectivity index (χ3v) is 5.33. The number of hydrogen-bond donors (Lipinski definition) is 0. The minimum atomic E-state index is -0.671.